The summed E-state index contributed by atoms with van der Waals surface area (Å²) in [6.07, 6.45) is -0.398. The average Bonchev–Trinajstić information content (AvgIpc) is 3.23. The number of hydrogen-bond donors (Lipinski definition) is 1. The Balaban J connectivity index is 1.65. The minimum atomic E-state index is -0.517. The molecule has 0 spiro atoms. The largest absolute Gasteiger partial charge is 0.454 e. The molecule has 0 bridgehead atoms. The normalized spacial score (nSPS) is 14.4. The highest BCUT2D eigenvalue weighted by Crippen LogP contribution is 2.33. The molecule has 25 heavy (non-hydrogen) atoms. The molecule has 0 aliphatic carbocycles. The lowest BCUT2D eigenvalue weighted by molar-refractivity contribution is -0.0105. The molecule has 2 aromatic rings. The molecule has 0 amide bonds. The first-order valence-corrected chi connectivity index (χ1v) is 9.41. The van der Waals surface area contributed by atoms with Gasteiger partial charge in [-0.3, -0.25) is 4.90 Å². The van der Waals surface area contributed by atoms with E-state index in [-0.39, 0.29) is 12.9 Å². The molecule has 1 aliphatic rings. The van der Waals surface area contributed by atoms with Crippen LogP contribution in [0.3, 0.4) is 0 Å². The number of fused-ring (bicyclic) bond motifs is 1. The second-order valence-electron chi connectivity index (χ2n) is 6.47. The fourth-order valence-corrected chi connectivity index (χ4v) is 3.51. The molecule has 1 atom stereocenters. The van der Waals surface area contributed by atoms with Crippen molar-refractivity contribution in [2.45, 2.75) is 39.1 Å². The first kappa shape index (κ1) is 18.2. The first-order valence-electron chi connectivity index (χ1n) is 8.53. The van der Waals surface area contributed by atoms with Gasteiger partial charge in [-0.2, -0.15) is 0 Å². The van der Waals surface area contributed by atoms with Gasteiger partial charge in [0, 0.05) is 24.5 Å². The lowest BCUT2D eigenvalue weighted by Gasteiger charge is -2.25. The van der Waals surface area contributed by atoms with Gasteiger partial charge in [-0.25, -0.2) is 0 Å². The van der Waals surface area contributed by atoms with Gasteiger partial charge in [-0.05, 0) is 43.0 Å². The van der Waals surface area contributed by atoms with E-state index in [4.69, 9.17) is 14.2 Å². The van der Waals surface area contributed by atoms with Crippen LogP contribution in [0, 0.1) is 0 Å². The first-order chi connectivity index (χ1) is 12.1. The highest BCUT2D eigenvalue weighted by Gasteiger charge is 2.17. The third kappa shape index (κ3) is 5.44. The minimum Gasteiger partial charge on any atom is -0.454 e. The molecule has 1 N–H and O–H groups in total. The van der Waals surface area contributed by atoms with Crippen LogP contribution in [0.25, 0.3) is 0 Å². The number of aliphatic hydroxyl groups is 1. The van der Waals surface area contributed by atoms with E-state index in [9.17, 15) is 5.11 Å². The van der Waals surface area contributed by atoms with E-state index in [1.807, 2.05) is 32.0 Å². The summed E-state index contributed by atoms with van der Waals surface area (Å²) in [5.41, 5.74) is 1.14. The number of hydrogen-bond acceptors (Lipinski definition) is 6. The molecular formula is C19H25NO4S. The van der Waals surface area contributed by atoms with Gasteiger partial charge >= 0.3 is 0 Å². The summed E-state index contributed by atoms with van der Waals surface area (Å²) in [6.45, 7) is 6.66. The van der Waals surface area contributed by atoms with Gasteiger partial charge in [0.2, 0.25) is 6.79 Å². The van der Waals surface area contributed by atoms with Crippen molar-refractivity contribution in [3.63, 3.8) is 0 Å². The molecule has 1 aromatic carbocycles. The average molecular weight is 363 g/mol. The van der Waals surface area contributed by atoms with E-state index in [1.165, 1.54) is 4.88 Å². The number of aliphatic hydroxyl groups excluding tert-OH is 1. The number of nitrogens with zero attached hydrogens (tertiary/aromatic N) is 1. The van der Waals surface area contributed by atoms with Crippen LogP contribution in [0.15, 0.2) is 35.7 Å². The van der Waals surface area contributed by atoms with Gasteiger partial charge in [0.15, 0.2) is 11.5 Å². The van der Waals surface area contributed by atoms with Crippen molar-refractivity contribution < 1.29 is 19.3 Å². The van der Waals surface area contributed by atoms with Crippen LogP contribution in [0.4, 0.5) is 0 Å². The quantitative estimate of drug-likeness (QED) is 0.741. The van der Waals surface area contributed by atoms with Gasteiger partial charge in [-0.1, -0.05) is 12.1 Å². The Kier molecular flexibility index (Phi) is 6.31. The van der Waals surface area contributed by atoms with E-state index in [0.29, 0.717) is 13.2 Å². The Morgan fingerprint density at radius 1 is 1.20 bits per heavy atom. The van der Waals surface area contributed by atoms with Crippen LogP contribution in [0.1, 0.15) is 24.3 Å². The zero-order chi connectivity index (χ0) is 17.6. The molecule has 1 aliphatic heterocycles. The van der Waals surface area contributed by atoms with Gasteiger partial charge in [0.25, 0.3) is 0 Å². The van der Waals surface area contributed by atoms with Crippen molar-refractivity contribution in [1.29, 1.82) is 0 Å². The Bertz CT molecular complexity index is 659. The molecule has 2 heterocycles. The summed E-state index contributed by atoms with van der Waals surface area (Å²) in [4.78, 5) is 3.51. The minimum absolute atomic E-state index is 0.120. The monoisotopic (exact) mass is 363 g/mol. The van der Waals surface area contributed by atoms with Gasteiger partial charge < -0.3 is 19.3 Å². The second-order valence-corrected chi connectivity index (χ2v) is 7.50. The second kappa shape index (κ2) is 8.67. The lowest BCUT2D eigenvalue weighted by atomic mass is 10.1. The fraction of sp³-hybridized carbons (Fsp3) is 0.474. The van der Waals surface area contributed by atoms with E-state index < -0.39 is 6.10 Å². The Morgan fingerprint density at radius 2 is 2.04 bits per heavy atom. The van der Waals surface area contributed by atoms with Crippen LogP contribution in [-0.4, -0.2) is 42.2 Å². The van der Waals surface area contributed by atoms with Crippen molar-refractivity contribution in [3.05, 3.63) is 46.2 Å². The molecule has 1 aromatic heterocycles. The zero-order valence-corrected chi connectivity index (χ0v) is 15.5. The van der Waals surface area contributed by atoms with Crippen LogP contribution in [-0.2, 0) is 17.8 Å². The topological polar surface area (TPSA) is 51.2 Å². The van der Waals surface area contributed by atoms with Gasteiger partial charge in [0.05, 0.1) is 18.8 Å². The summed E-state index contributed by atoms with van der Waals surface area (Å²) >= 11 is 1.73. The number of benzene rings is 1. The maximum atomic E-state index is 10.3. The SMILES string of the molecule is CC(C)OC[C@@H](O)CN(Cc1ccc2c(c1)OCO2)Cc1cccs1. The van der Waals surface area contributed by atoms with Crippen molar-refractivity contribution in [2.24, 2.45) is 0 Å². The summed E-state index contributed by atoms with van der Waals surface area (Å²) in [5, 5.41) is 12.4. The third-order valence-corrected chi connectivity index (χ3v) is 4.75. The summed E-state index contributed by atoms with van der Waals surface area (Å²) in [6, 6.07) is 10.2. The van der Waals surface area contributed by atoms with Gasteiger partial charge in [-0.15, -0.1) is 11.3 Å². The smallest absolute Gasteiger partial charge is 0.231 e. The summed E-state index contributed by atoms with van der Waals surface area (Å²) in [5.74, 6) is 1.58. The molecule has 0 saturated carbocycles. The van der Waals surface area contributed by atoms with Crippen LogP contribution < -0.4 is 9.47 Å². The molecule has 0 radical (unpaired) electrons. The molecule has 136 valence electrons. The summed E-state index contributed by atoms with van der Waals surface area (Å²) < 4.78 is 16.4. The molecule has 0 unspecified atom stereocenters. The van der Waals surface area contributed by atoms with Crippen molar-refractivity contribution in [1.82, 2.24) is 4.90 Å². The molecule has 0 fully saturated rings. The van der Waals surface area contributed by atoms with Gasteiger partial charge in [0.1, 0.15) is 0 Å². The van der Waals surface area contributed by atoms with Crippen LogP contribution in [0.5, 0.6) is 11.5 Å². The Labute approximate surface area is 152 Å². The molecular weight excluding hydrogens is 338 g/mol. The predicted molar refractivity (Wildman–Crippen MR) is 98.1 cm³/mol. The van der Waals surface area contributed by atoms with E-state index in [0.717, 1.165) is 30.2 Å². The van der Waals surface area contributed by atoms with Crippen molar-refractivity contribution in [3.8, 4) is 11.5 Å². The molecule has 3 rings (SSSR count). The Hall–Kier alpha value is -1.60. The highest BCUT2D eigenvalue weighted by atomic mass is 32.1. The zero-order valence-electron chi connectivity index (χ0n) is 14.7. The maximum absolute atomic E-state index is 10.3. The van der Waals surface area contributed by atoms with E-state index >= 15 is 0 Å². The van der Waals surface area contributed by atoms with Crippen molar-refractivity contribution >= 4 is 11.3 Å². The molecule has 0 saturated heterocycles. The standard InChI is InChI=1S/C19H25NO4S/c1-14(2)22-12-16(21)10-20(11-17-4-3-7-25-17)9-15-5-6-18-19(8-15)24-13-23-18/h3-8,14,16,21H,9-13H2,1-2H3/t16-/m0/s1. The highest BCUT2D eigenvalue weighted by molar-refractivity contribution is 7.09. The third-order valence-electron chi connectivity index (χ3n) is 3.89. The predicted octanol–water partition coefficient (Wildman–Crippen LogP) is 3.26. The number of rotatable bonds is 9. The Morgan fingerprint density at radius 3 is 2.80 bits per heavy atom. The van der Waals surface area contributed by atoms with Crippen molar-refractivity contribution in [2.75, 3.05) is 19.9 Å². The van der Waals surface area contributed by atoms with E-state index in [1.54, 1.807) is 11.3 Å². The lowest BCUT2D eigenvalue weighted by Crippen LogP contribution is -2.34. The maximum Gasteiger partial charge on any atom is 0.231 e. The van der Waals surface area contributed by atoms with E-state index in [2.05, 4.69) is 22.4 Å². The number of thiophene rings is 1. The van der Waals surface area contributed by atoms with Crippen LogP contribution >= 0.6 is 11.3 Å². The molecule has 6 heteroatoms. The fourth-order valence-electron chi connectivity index (χ4n) is 2.76. The summed E-state index contributed by atoms with van der Waals surface area (Å²) in [7, 11) is 0. The molecule has 5 nitrogen and oxygen atoms in total. The van der Waals surface area contributed by atoms with Crippen LogP contribution in [0.2, 0.25) is 0 Å². The number of ether oxygens (including phenoxy) is 3.